The summed E-state index contributed by atoms with van der Waals surface area (Å²) in [5, 5.41) is 16.9. The van der Waals surface area contributed by atoms with E-state index < -0.39 is 5.60 Å². The van der Waals surface area contributed by atoms with Gasteiger partial charge in [-0.1, -0.05) is 53.0 Å². The summed E-state index contributed by atoms with van der Waals surface area (Å²) in [5.74, 6) is 0.255. The van der Waals surface area contributed by atoms with Crippen LogP contribution < -0.4 is 0 Å². The molecule has 0 aromatic carbocycles. The third kappa shape index (κ3) is 5.66. The second kappa shape index (κ2) is 9.98. The highest BCUT2D eigenvalue weighted by Gasteiger charge is 2.33. The number of rotatable bonds is 11. The van der Waals surface area contributed by atoms with Crippen LogP contribution in [0.2, 0.25) is 0 Å². The smallest absolute Gasteiger partial charge is 0.0865 e. The normalized spacial score (nSPS) is 16.6. The standard InChI is InChI=1S/C17H34N2O/c1-7-11-12-13-16(9-3)19(18-6)14-17(20,10-4)15(5)8-2/h9,15,20H,6-8,10-14H2,1-5H3/b16-9-/t15?,17-/m1/s1. The van der Waals surface area contributed by atoms with Crippen molar-refractivity contribution in [3.8, 4) is 0 Å². The second-order valence-electron chi connectivity index (χ2n) is 5.70. The van der Waals surface area contributed by atoms with Crippen molar-refractivity contribution in [1.82, 2.24) is 5.01 Å². The molecule has 0 aliphatic rings. The number of aliphatic hydroxyl groups is 1. The fourth-order valence-corrected chi connectivity index (χ4v) is 2.48. The van der Waals surface area contributed by atoms with E-state index in [0.717, 1.165) is 25.7 Å². The SMILES string of the molecule is C=NN(C[C@](O)(CC)C(C)CC)/C(=C\C)CCCCC. The van der Waals surface area contributed by atoms with Gasteiger partial charge in [0, 0.05) is 12.4 Å². The van der Waals surface area contributed by atoms with Gasteiger partial charge >= 0.3 is 0 Å². The Labute approximate surface area is 125 Å². The first-order valence-corrected chi connectivity index (χ1v) is 8.10. The predicted molar refractivity (Wildman–Crippen MR) is 88.8 cm³/mol. The van der Waals surface area contributed by atoms with Gasteiger partial charge in [0.2, 0.25) is 0 Å². The lowest BCUT2D eigenvalue weighted by Gasteiger charge is -2.37. The van der Waals surface area contributed by atoms with Gasteiger partial charge in [0.25, 0.3) is 0 Å². The third-order valence-electron chi connectivity index (χ3n) is 4.44. The Bertz CT molecular complexity index is 301. The van der Waals surface area contributed by atoms with E-state index in [1.807, 2.05) is 18.9 Å². The van der Waals surface area contributed by atoms with Gasteiger partial charge in [0.1, 0.15) is 0 Å². The van der Waals surface area contributed by atoms with Crippen LogP contribution in [0.4, 0.5) is 0 Å². The highest BCUT2D eigenvalue weighted by atomic mass is 16.3. The maximum absolute atomic E-state index is 10.8. The van der Waals surface area contributed by atoms with Crippen LogP contribution in [0, 0.1) is 5.92 Å². The van der Waals surface area contributed by atoms with Crippen molar-refractivity contribution in [2.75, 3.05) is 6.54 Å². The quantitative estimate of drug-likeness (QED) is 0.342. The third-order valence-corrected chi connectivity index (χ3v) is 4.44. The molecule has 2 atom stereocenters. The zero-order valence-corrected chi connectivity index (χ0v) is 14.2. The van der Waals surface area contributed by atoms with Gasteiger partial charge in [-0.15, -0.1) is 0 Å². The number of nitrogens with zero attached hydrogens (tertiary/aromatic N) is 2. The van der Waals surface area contributed by atoms with Crippen molar-refractivity contribution in [1.29, 1.82) is 0 Å². The summed E-state index contributed by atoms with van der Waals surface area (Å²) in [4.78, 5) is 0. The first kappa shape index (κ1) is 19.2. The van der Waals surface area contributed by atoms with Crippen LogP contribution in [0.15, 0.2) is 16.9 Å². The molecule has 0 aliphatic carbocycles. The summed E-state index contributed by atoms with van der Waals surface area (Å²) in [6.07, 6.45) is 8.41. The first-order chi connectivity index (χ1) is 9.48. The van der Waals surface area contributed by atoms with Crippen molar-refractivity contribution in [2.45, 2.75) is 78.7 Å². The molecule has 0 saturated heterocycles. The number of hydrogen-bond donors (Lipinski definition) is 1. The van der Waals surface area contributed by atoms with Gasteiger partial charge in [0.15, 0.2) is 0 Å². The molecular weight excluding hydrogens is 248 g/mol. The molecule has 0 heterocycles. The predicted octanol–water partition coefficient (Wildman–Crippen LogP) is 4.58. The topological polar surface area (TPSA) is 35.8 Å². The van der Waals surface area contributed by atoms with E-state index in [1.54, 1.807) is 0 Å². The summed E-state index contributed by atoms with van der Waals surface area (Å²) in [7, 11) is 0. The number of hydrogen-bond acceptors (Lipinski definition) is 3. The number of unbranched alkanes of at least 4 members (excludes halogenated alkanes) is 2. The molecule has 1 unspecified atom stereocenters. The maximum atomic E-state index is 10.8. The molecular formula is C17H34N2O. The maximum Gasteiger partial charge on any atom is 0.0865 e. The highest BCUT2D eigenvalue weighted by Crippen LogP contribution is 2.27. The first-order valence-electron chi connectivity index (χ1n) is 8.10. The molecule has 0 radical (unpaired) electrons. The highest BCUT2D eigenvalue weighted by molar-refractivity contribution is 5.23. The lowest BCUT2D eigenvalue weighted by Crippen LogP contribution is -2.45. The van der Waals surface area contributed by atoms with Crippen LogP contribution >= 0.6 is 0 Å². The summed E-state index contributed by atoms with van der Waals surface area (Å²) in [6.45, 7) is 14.7. The fraction of sp³-hybridized carbons (Fsp3) is 0.824. The van der Waals surface area contributed by atoms with Crippen LogP contribution in [-0.2, 0) is 0 Å². The van der Waals surface area contributed by atoms with Gasteiger partial charge in [0.05, 0.1) is 12.1 Å². The van der Waals surface area contributed by atoms with E-state index in [2.05, 4.69) is 38.7 Å². The molecule has 3 heteroatoms. The Morgan fingerprint density at radius 2 is 2.00 bits per heavy atom. The van der Waals surface area contributed by atoms with Gasteiger partial charge in [-0.05, 0) is 32.1 Å². The van der Waals surface area contributed by atoms with E-state index in [0.29, 0.717) is 6.54 Å². The average Bonchev–Trinajstić information content (AvgIpc) is 2.48. The monoisotopic (exact) mass is 282 g/mol. The summed E-state index contributed by atoms with van der Waals surface area (Å²) in [5.41, 5.74) is 0.471. The van der Waals surface area contributed by atoms with Crippen LogP contribution in [0.3, 0.4) is 0 Å². The Morgan fingerprint density at radius 3 is 2.40 bits per heavy atom. The summed E-state index contributed by atoms with van der Waals surface area (Å²) < 4.78 is 0. The summed E-state index contributed by atoms with van der Waals surface area (Å²) in [6, 6.07) is 0. The molecule has 3 nitrogen and oxygen atoms in total. The van der Waals surface area contributed by atoms with Crippen LogP contribution in [0.25, 0.3) is 0 Å². The van der Waals surface area contributed by atoms with Crippen LogP contribution in [-0.4, -0.2) is 29.0 Å². The molecule has 0 amide bonds. The van der Waals surface area contributed by atoms with Gasteiger partial charge in [-0.3, -0.25) is 5.01 Å². The van der Waals surface area contributed by atoms with Gasteiger partial charge in [-0.2, -0.15) is 5.10 Å². The molecule has 1 N–H and O–H groups in total. The zero-order chi connectivity index (χ0) is 15.6. The molecule has 0 aromatic rings. The van der Waals surface area contributed by atoms with Crippen molar-refractivity contribution in [2.24, 2.45) is 11.0 Å². The van der Waals surface area contributed by atoms with Gasteiger partial charge < -0.3 is 5.11 Å². The lowest BCUT2D eigenvalue weighted by molar-refractivity contribution is -0.0385. The number of hydrazone groups is 1. The van der Waals surface area contributed by atoms with Crippen molar-refractivity contribution < 1.29 is 5.11 Å². The van der Waals surface area contributed by atoms with Crippen molar-refractivity contribution in [3.05, 3.63) is 11.8 Å². The number of allylic oxidation sites excluding steroid dienone is 2. The lowest BCUT2D eigenvalue weighted by atomic mass is 9.84. The molecule has 0 bridgehead atoms. The van der Waals surface area contributed by atoms with E-state index in [1.165, 1.54) is 18.5 Å². The molecule has 0 saturated carbocycles. The largest absolute Gasteiger partial charge is 0.388 e. The van der Waals surface area contributed by atoms with Gasteiger partial charge in [-0.25, -0.2) is 0 Å². The fourth-order valence-electron chi connectivity index (χ4n) is 2.48. The second-order valence-corrected chi connectivity index (χ2v) is 5.70. The Balaban J connectivity index is 4.84. The molecule has 20 heavy (non-hydrogen) atoms. The minimum atomic E-state index is -0.699. The minimum Gasteiger partial charge on any atom is -0.388 e. The molecule has 0 spiro atoms. The van der Waals surface area contributed by atoms with Crippen LogP contribution in [0.5, 0.6) is 0 Å². The molecule has 0 aliphatic heterocycles. The average molecular weight is 282 g/mol. The van der Waals surface area contributed by atoms with Crippen molar-refractivity contribution >= 4 is 6.72 Å². The Hall–Kier alpha value is -0.830. The Morgan fingerprint density at radius 1 is 1.35 bits per heavy atom. The Kier molecular flexibility index (Phi) is 9.56. The summed E-state index contributed by atoms with van der Waals surface area (Å²) >= 11 is 0. The molecule has 0 aromatic heterocycles. The molecule has 0 fully saturated rings. The molecule has 118 valence electrons. The zero-order valence-electron chi connectivity index (χ0n) is 14.2. The van der Waals surface area contributed by atoms with E-state index in [9.17, 15) is 5.11 Å². The molecule has 0 rings (SSSR count). The van der Waals surface area contributed by atoms with Crippen LogP contribution in [0.1, 0.15) is 73.1 Å². The van der Waals surface area contributed by atoms with E-state index >= 15 is 0 Å². The van der Waals surface area contributed by atoms with E-state index in [4.69, 9.17) is 0 Å². The minimum absolute atomic E-state index is 0.255. The van der Waals surface area contributed by atoms with E-state index in [-0.39, 0.29) is 5.92 Å². The van der Waals surface area contributed by atoms with Crippen molar-refractivity contribution in [3.63, 3.8) is 0 Å².